The van der Waals surface area contributed by atoms with Gasteiger partial charge in [-0.2, -0.15) is 4.98 Å². The van der Waals surface area contributed by atoms with Gasteiger partial charge in [-0.15, -0.1) is 0 Å². The number of hydrogen-bond acceptors (Lipinski definition) is 5. The van der Waals surface area contributed by atoms with Crippen molar-refractivity contribution in [1.82, 2.24) is 15.0 Å². The summed E-state index contributed by atoms with van der Waals surface area (Å²) >= 11 is 0. The van der Waals surface area contributed by atoms with Gasteiger partial charge in [0.2, 0.25) is 5.95 Å². The Morgan fingerprint density at radius 2 is 1.63 bits per heavy atom. The molecule has 0 aliphatic carbocycles. The van der Waals surface area contributed by atoms with E-state index in [1.807, 2.05) is 43.3 Å². The minimum atomic E-state index is 0.569. The third kappa shape index (κ3) is 3.72. The summed E-state index contributed by atoms with van der Waals surface area (Å²) in [6.45, 7) is 6.10. The van der Waals surface area contributed by atoms with E-state index in [1.54, 1.807) is 6.20 Å². The van der Waals surface area contributed by atoms with E-state index in [9.17, 15) is 0 Å². The van der Waals surface area contributed by atoms with Crippen molar-refractivity contribution in [2.45, 2.75) is 20.8 Å². The van der Waals surface area contributed by atoms with Crippen LogP contribution in [0.5, 0.6) is 0 Å². The van der Waals surface area contributed by atoms with Crippen molar-refractivity contribution in [1.29, 1.82) is 0 Å². The molecular weight excluding hydrogens is 334 g/mol. The van der Waals surface area contributed by atoms with Crippen molar-refractivity contribution in [2.75, 3.05) is 10.6 Å². The Kier molecular flexibility index (Phi) is 4.42. The third-order valence-corrected chi connectivity index (χ3v) is 4.39. The van der Waals surface area contributed by atoms with E-state index in [0.29, 0.717) is 5.95 Å². The molecule has 5 heteroatoms. The molecule has 134 valence electrons. The summed E-state index contributed by atoms with van der Waals surface area (Å²) in [7, 11) is 0. The fourth-order valence-corrected chi connectivity index (χ4v) is 3.02. The molecule has 0 radical (unpaired) electrons. The van der Waals surface area contributed by atoms with E-state index in [4.69, 9.17) is 0 Å². The van der Waals surface area contributed by atoms with Crippen molar-refractivity contribution >= 4 is 34.0 Å². The molecular formula is C22H21N5. The highest BCUT2D eigenvalue weighted by atomic mass is 15.1. The van der Waals surface area contributed by atoms with Gasteiger partial charge in [-0.25, -0.2) is 4.98 Å². The number of benzene rings is 2. The van der Waals surface area contributed by atoms with E-state index < -0.39 is 0 Å². The Bertz CT molecular complexity index is 1120. The van der Waals surface area contributed by atoms with Crippen LogP contribution >= 0.6 is 0 Å². The minimum absolute atomic E-state index is 0.569. The Hall–Kier alpha value is -3.47. The first-order valence-electron chi connectivity index (χ1n) is 8.89. The lowest BCUT2D eigenvalue weighted by Gasteiger charge is -2.13. The van der Waals surface area contributed by atoms with Crippen molar-refractivity contribution in [2.24, 2.45) is 0 Å². The molecule has 0 atom stereocenters. The first-order chi connectivity index (χ1) is 13.1. The van der Waals surface area contributed by atoms with Crippen LogP contribution in [0.2, 0.25) is 0 Å². The normalized spacial score (nSPS) is 10.8. The van der Waals surface area contributed by atoms with Crippen LogP contribution in [-0.4, -0.2) is 15.0 Å². The SMILES string of the molecule is Cc1ccc(C)c(Nc2nc(C)cc(Nc3cccc4cccnc34)n2)c1. The van der Waals surface area contributed by atoms with Crippen molar-refractivity contribution in [3.05, 3.63) is 77.6 Å². The van der Waals surface area contributed by atoms with Crippen LogP contribution in [0.1, 0.15) is 16.8 Å². The Morgan fingerprint density at radius 3 is 2.52 bits per heavy atom. The molecule has 4 rings (SSSR count). The van der Waals surface area contributed by atoms with Gasteiger partial charge < -0.3 is 10.6 Å². The summed E-state index contributed by atoms with van der Waals surface area (Å²) in [5.41, 5.74) is 6.07. The second-order valence-corrected chi connectivity index (χ2v) is 6.67. The molecule has 27 heavy (non-hydrogen) atoms. The number of nitrogens with one attached hydrogen (secondary N) is 2. The number of hydrogen-bond donors (Lipinski definition) is 2. The van der Waals surface area contributed by atoms with Crippen LogP contribution < -0.4 is 10.6 Å². The predicted octanol–water partition coefficient (Wildman–Crippen LogP) is 5.44. The van der Waals surface area contributed by atoms with Gasteiger partial charge in [0, 0.05) is 29.0 Å². The highest BCUT2D eigenvalue weighted by Gasteiger charge is 2.07. The number of fused-ring (bicyclic) bond motifs is 1. The maximum atomic E-state index is 4.64. The highest BCUT2D eigenvalue weighted by molar-refractivity contribution is 5.91. The van der Waals surface area contributed by atoms with Crippen LogP contribution in [-0.2, 0) is 0 Å². The molecule has 2 aromatic heterocycles. The standard InChI is InChI=1S/C22H21N5/c1-14-9-10-15(2)19(12-14)26-22-24-16(3)13-20(27-22)25-18-8-4-6-17-7-5-11-23-21(17)18/h4-13H,1-3H3,(H2,24,25,26,27). The Morgan fingerprint density at radius 1 is 0.778 bits per heavy atom. The maximum absolute atomic E-state index is 4.64. The third-order valence-electron chi connectivity index (χ3n) is 4.39. The van der Waals surface area contributed by atoms with Crippen molar-refractivity contribution in [3.63, 3.8) is 0 Å². The predicted molar refractivity (Wildman–Crippen MR) is 111 cm³/mol. The molecule has 4 aromatic rings. The zero-order chi connectivity index (χ0) is 18.8. The fourth-order valence-electron chi connectivity index (χ4n) is 3.02. The van der Waals surface area contributed by atoms with E-state index in [1.165, 1.54) is 5.56 Å². The van der Waals surface area contributed by atoms with Crippen LogP contribution in [0.25, 0.3) is 10.9 Å². The second kappa shape index (κ2) is 7.03. The van der Waals surface area contributed by atoms with Gasteiger partial charge in [-0.1, -0.05) is 30.3 Å². The molecule has 2 aromatic carbocycles. The highest BCUT2D eigenvalue weighted by Crippen LogP contribution is 2.25. The second-order valence-electron chi connectivity index (χ2n) is 6.67. The summed E-state index contributed by atoms with van der Waals surface area (Å²) in [4.78, 5) is 13.7. The molecule has 0 aliphatic rings. The summed E-state index contributed by atoms with van der Waals surface area (Å²) in [5, 5.41) is 7.81. The Labute approximate surface area is 158 Å². The number of nitrogens with zero attached hydrogens (tertiary/aromatic N) is 3. The topological polar surface area (TPSA) is 62.7 Å². The van der Waals surface area contributed by atoms with Crippen molar-refractivity contribution < 1.29 is 0 Å². The first-order valence-corrected chi connectivity index (χ1v) is 8.89. The average Bonchev–Trinajstić information content (AvgIpc) is 2.65. The van der Waals surface area contributed by atoms with Crippen LogP contribution in [0.4, 0.5) is 23.1 Å². The van der Waals surface area contributed by atoms with E-state index >= 15 is 0 Å². The summed E-state index contributed by atoms with van der Waals surface area (Å²) in [6.07, 6.45) is 1.80. The zero-order valence-electron chi connectivity index (χ0n) is 15.6. The molecule has 0 spiro atoms. The summed E-state index contributed by atoms with van der Waals surface area (Å²) in [5.74, 6) is 1.30. The summed E-state index contributed by atoms with van der Waals surface area (Å²) in [6, 6.07) is 18.3. The molecule has 2 heterocycles. The van der Waals surface area contributed by atoms with Crippen LogP contribution in [0, 0.1) is 20.8 Å². The average molecular weight is 355 g/mol. The molecule has 0 amide bonds. The molecule has 5 nitrogen and oxygen atoms in total. The number of aryl methyl sites for hydroxylation is 3. The molecule has 0 aliphatic heterocycles. The smallest absolute Gasteiger partial charge is 0.229 e. The Balaban J connectivity index is 1.67. The number of aromatic nitrogens is 3. The van der Waals surface area contributed by atoms with Gasteiger partial charge in [-0.05, 0) is 50.1 Å². The van der Waals surface area contributed by atoms with Crippen molar-refractivity contribution in [3.8, 4) is 0 Å². The van der Waals surface area contributed by atoms with Gasteiger partial charge >= 0.3 is 0 Å². The molecule has 2 N–H and O–H groups in total. The van der Waals surface area contributed by atoms with Gasteiger partial charge in [0.05, 0.1) is 11.2 Å². The number of para-hydroxylation sites is 1. The molecule has 0 saturated heterocycles. The largest absolute Gasteiger partial charge is 0.338 e. The lowest BCUT2D eigenvalue weighted by atomic mass is 10.1. The van der Waals surface area contributed by atoms with E-state index in [2.05, 4.69) is 57.6 Å². The molecule has 0 bridgehead atoms. The molecule has 0 saturated carbocycles. The summed E-state index contributed by atoms with van der Waals surface area (Å²) < 4.78 is 0. The molecule has 0 unspecified atom stereocenters. The number of rotatable bonds is 4. The number of pyridine rings is 1. The van der Waals surface area contributed by atoms with Crippen LogP contribution in [0.15, 0.2) is 60.8 Å². The maximum Gasteiger partial charge on any atom is 0.229 e. The fraction of sp³-hybridized carbons (Fsp3) is 0.136. The van der Waals surface area contributed by atoms with Gasteiger partial charge in [-0.3, -0.25) is 4.98 Å². The van der Waals surface area contributed by atoms with Gasteiger partial charge in [0.1, 0.15) is 5.82 Å². The van der Waals surface area contributed by atoms with Gasteiger partial charge in [0.15, 0.2) is 0 Å². The monoisotopic (exact) mass is 355 g/mol. The lowest BCUT2D eigenvalue weighted by Crippen LogP contribution is -2.03. The molecule has 0 fully saturated rings. The minimum Gasteiger partial charge on any atom is -0.338 e. The van der Waals surface area contributed by atoms with E-state index in [-0.39, 0.29) is 0 Å². The van der Waals surface area contributed by atoms with Crippen LogP contribution in [0.3, 0.4) is 0 Å². The van der Waals surface area contributed by atoms with E-state index in [0.717, 1.165) is 39.4 Å². The first kappa shape index (κ1) is 17.0. The number of anilines is 4. The zero-order valence-corrected chi connectivity index (χ0v) is 15.6. The van der Waals surface area contributed by atoms with Gasteiger partial charge in [0.25, 0.3) is 0 Å². The lowest BCUT2D eigenvalue weighted by molar-refractivity contribution is 1.10. The quantitative estimate of drug-likeness (QED) is 0.510.